The molecule has 0 bridgehead atoms. The Labute approximate surface area is 161 Å². The Balaban J connectivity index is 1.61. The number of fused-ring (bicyclic) bond motifs is 1. The van der Waals surface area contributed by atoms with Gasteiger partial charge in [0.05, 0.1) is 6.54 Å². The number of para-hydroxylation sites is 2. The minimum absolute atomic E-state index is 0.0812. The summed E-state index contributed by atoms with van der Waals surface area (Å²) in [7, 11) is 1.77. The molecule has 1 unspecified atom stereocenters. The van der Waals surface area contributed by atoms with Crippen LogP contribution in [0.25, 0.3) is 0 Å². The van der Waals surface area contributed by atoms with Gasteiger partial charge in [-0.15, -0.1) is 0 Å². The standard InChI is InChI=1S/C20H23F3N2O3/c1-13-8-16(14(2)25(13)12-20(21,22)23)17(26)10-24(3)9-15-11-27-18-6-4-5-7-19(18)28-15/h4-8,15H,9-12H2,1-3H3. The summed E-state index contributed by atoms with van der Waals surface area (Å²) in [6, 6.07) is 8.89. The van der Waals surface area contributed by atoms with Crippen LogP contribution in [0.4, 0.5) is 13.2 Å². The number of aromatic nitrogens is 1. The second-order valence-electron chi connectivity index (χ2n) is 7.10. The van der Waals surface area contributed by atoms with E-state index in [9.17, 15) is 18.0 Å². The number of ether oxygens (including phenoxy) is 2. The highest BCUT2D eigenvalue weighted by Gasteiger charge is 2.30. The Kier molecular flexibility index (Phi) is 5.69. The van der Waals surface area contributed by atoms with Crippen molar-refractivity contribution in [3.63, 3.8) is 0 Å². The molecule has 0 N–H and O–H groups in total. The Bertz CT molecular complexity index is 861. The Morgan fingerprint density at radius 2 is 1.93 bits per heavy atom. The molecule has 152 valence electrons. The lowest BCUT2D eigenvalue weighted by Gasteiger charge is -2.29. The number of benzene rings is 1. The van der Waals surface area contributed by atoms with E-state index < -0.39 is 12.7 Å². The van der Waals surface area contributed by atoms with Crippen LogP contribution < -0.4 is 9.47 Å². The van der Waals surface area contributed by atoms with E-state index in [-0.39, 0.29) is 18.4 Å². The van der Waals surface area contributed by atoms with Gasteiger partial charge in [-0.05, 0) is 39.1 Å². The monoisotopic (exact) mass is 396 g/mol. The zero-order chi connectivity index (χ0) is 20.5. The molecule has 0 saturated carbocycles. The highest BCUT2D eigenvalue weighted by molar-refractivity contribution is 5.99. The van der Waals surface area contributed by atoms with Crippen LogP contribution in [0.1, 0.15) is 21.7 Å². The van der Waals surface area contributed by atoms with Crippen molar-refractivity contribution in [2.75, 3.05) is 26.7 Å². The van der Waals surface area contributed by atoms with Crippen LogP contribution in [-0.2, 0) is 6.54 Å². The van der Waals surface area contributed by atoms with E-state index in [0.717, 1.165) is 4.57 Å². The molecule has 1 aromatic carbocycles. The van der Waals surface area contributed by atoms with Gasteiger partial charge in [0.1, 0.15) is 19.3 Å². The van der Waals surface area contributed by atoms with Gasteiger partial charge in [0, 0.05) is 23.5 Å². The zero-order valence-electron chi connectivity index (χ0n) is 16.0. The van der Waals surface area contributed by atoms with Gasteiger partial charge in [-0.1, -0.05) is 12.1 Å². The number of aryl methyl sites for hydroxylation is 1. The minimum atomic E-state index is -4.33. The molecule has 0 fully saturated rings. The number of rotatable bonds is 6. The van der Waals surface area contributed by atoms with Crippen LogP contribution in [-0.4, -0.2) is 54.3 Å². The van der Waals surface area contributed by atoms with Gasteiger partial charge in [-0.3, -0.25) is 9.69 Å². The predicted molar refractivity (Wildman–Crippen MR) is 98.1 cm³/mol. The van der Waals surface area contributed by atoms with E-state index in [4.69, 9.17) is 9.47 Å². The molecule has 28 heavy (non-hydrogen) atoms. The molecule has 1 aliphatic heterocycles. The Morgan fingerprint density at radius 3 is 2.61 bits per heavy atom. The molecule has 0 amide bonds. The predicted octanol–water partition coefficient (Wildman–Crippen LogP) is 3.62. The summed E-state index contributed by atoms with van der Waals surface area (Å²) in [6.07, 6.45) is -4.56. The van der Waals surface area contributed by atoms with Crippen molar-refractivity contribution in [1.29, 1.82) is 0 Å². The second-order valence-corrected chi connectivity index (χ2v) is 7.10. The topological polar surface area (TPSA) is 43.7 Å². The number of Topliss-reactive ketones (excluding diaryl/α,β-unsaturated/α-hetero) is 1. The fourth-order valence-corrected chi connectivity index (χ4v) is 3.40. The van der Waals surface area contributed by atoms with Gasteiger partial charge < -0.3 is 14.0 Å². The normalized spacial score (nSPS) is 16.5. The summed E-state index contributed by atoms with van der Waals surface area (Å²) < 4.78 is 50.9. The number of likely N-dealkylation sites (N-methyl/N-ethyl adjacent to an activating group) is 1. The van der Waals surface area contributed by atoms with Gasteiger partial charge in [0.25, 0.3) is 0 Å². The van der Waals surface area contributed by atoms with E-state index >= 15 is 0 Å². The van der Waals surface area contributed by atoms with Crippen molar-refractivity contribution >= 4 is 5.78 Å². The quantitative estimate of drug-likeness (QED) is 0.700. The van der Waals surface area contributed by atoms with Gasteiger partial charge in [0.15, 0.2) is 17.3 Å². The third-order valence-corrected chi connectivity index (χ3v) is 4.71. The van der Waals surface area contributed by atoms with E-state index in [1.165, 1.54) is 6.07 Å². The molecule has 2 aromatic rings. The summed E-state index contributed by atoms with van der Waals surface area (Å²) in [6.45, 7) is 2.93. The van der Waals surface area contributed by atoms with Crippen LogP contribution >= 0.6 is 0 Å². The van der Waals surface area contributed by atoms with Gasteiger partial charge in [-0.2, -0.15) is 13.2 Å². The van der Waals surface area contributed by atoms with Gasteiger partial charge in [-0.25, -0.2) is 0 Å². The van der Waals surface area contributed by atoms with Crippen LogP contribution in [0.2, 0.25) is 0 Å². The number of nitrogens with zero attached hydrogens (tertiary/aromatic N) is 2. The number of carbonyl (C=O) groups is 1. The Morgan fingerprint density at radius 1 is 1.25 bits per heavy atom. The highest BCUT2D eigenvalue weighted by atomic mass is 19.4. The van der Waals surface area contributed by atoms with Crippen molar-refractivity contribution in [1.82, 2.24) is 9.47 Å². The molecule has 0 saturated heterocycles. The number of ketones is 1. The second kappa shape index (κ2) is 7.87. The molecule has 1 aliphatic rings. The van der Waals surface area contributed by atoms with Crippen molar-refractivity contribution in [2.45, 2.75) is 32.7 Å². The fraction of sp³-hybridized carbons (Fsp3) is 0.450. The van der Waals surface area contributed by atoms with Crippen LogP contribution in [0.15, 0.2) is 30.3 Å². The molecule has 0 aliphatic carbocycles. The number of halogens is 3. The van der Waals surface area contributed by atoms with Gasteiger partial charge in [0.2, 0.25) is 0 Å². The van der Waals surface area contributed by atoms with Crippen LogP contribution in [0.3, 0.4) is 0 Å². The number of hydrogen-bond donors (Lipinski definition) is 0. The first kappa shape index (κ1) is 20.3. The molecule has 1 aromatic heterocycles. The lowest BCUT2D eigenvalue weighted by molar-refractivity contribution is -0.141. The summed E-state index contributed by atoms with van der Waals surface area (Å²) >= 11 is 0. The van der Waals surface area contributed by atoms with E-state index in [1.54, 1.807) is 25.8 Å². The lowest BCUT2D eigenvalue weighted by atomic mass is 10.1. The van der Waals surface area contributed by atoms with E-state index in [1.807, 2.05) is 24.3 Å². The van der Waals surface area contributed by atoms with Gasteiger partial charge >= 0.3 is 6.18 Å². The molecule has 1 atom stereocenters. The van der Waals surface area contributed by atoms with Crippen LogP contribution in [0.5, 0.6) is 11.5 Å². The molecule has 8 heteroatoms. The number of alkyl halides is 3. The Hall–Kier alpha value is -2.48. The SMILES string of the molecule is Cc1cc(C(=O)CN(C)CC2COc3ccccc3O2)c(C)n1CC(F)(F)F. The maximum atomic E-state index is 12.7. The molecular weight excluding hydrogens is 373 g/mol. The van der Waals surface area contributed by atoms with E-state index in [0.29, 0.717) is 41.6 Å². The van der Waals surface area contributed by atoms with Crippen molar-refractivity contribution < 1.29 is 27.4 Å². The zero-order valence-corrected chi connectivity index (χ0v) is 16.0. The van der Waals surface area contributed by atoms with Crippen molar-refractivity contribution in [3.05, 3.63) is 47.3 Å². The van der Waals surface area contributed by atoms with Crippen LogP contribution in [0, 0.1) is 13.8 Å². The largest absolute Gasteiger partial charge is 0.486 e. The highest BCUT2D eigenvalue weighted by Crippen LogP contribution is 2.31. The average Bonchev–Trinajstić information content (AvgIpc) is 2.88. The summed E-state index contributed by atoms with van der Waals surface area (Å²) in [5.74, 6) is 1.13. The molecule has 0 spiro atoms. The number of carbonyl (C=O) groups excluding carboxylic acids is 1. The molecule has 5 nitrogen and oxygen atoms in total. The average molecular weight is 396 g/mol. The maximum absolute atomic E-state index is 12.7. The van der Waals surface area contributed by atoms with E-state index in [2.05, 4.69) is 0 Å². The fourth-order valence-electron chi connectivity index (χ4n) is 3.40. The molecule has 2 heterocycles. The first-order valence-corrected chi connectivity index (χ1v) is 8.98. The number of hydrogen-bond acceptors (Lipinski definition) is 4. The summed E-state index contributed by atoms with van der Waals surface area (Å²) in [4.78, 5) is 14.4. The van der Waals surface area contributed by atoms with Crippen molar-refractivity contribution in [2.24, 2.45) is 0 Å². The first-order chi connectivity index (χ1) is 13.1. The smallest absolute Gasteiger partial charge is 0.406 e. The molecular formula is C20H23F3N2O3. The third-order valence-electron chi connectivity index (χ3n) is 4.71. The minimum Gasteiger partial charge on any atom is -0.486 e. The third kappa shape index (κ3) is 4.67. The summed E-state index contributed by atoms with van der Waals surface area (Å²) in [5, 5.41) is 0. The molecule has 3 rings (SSSR count). The molecule has 0 radical (unpaired) electrons. The van der Waals surface area contributed by atoms with Crippen molar-refractivity contribution in [3.8, 4) is 11.5 Å². The first-order valence-electron chi connectivity index (χ1n) is 8.98. The lowest BCUT2D eigenvalue weighted by Crippen LogP contribution is -2.41. The summed E-state index contributed by atoms with van der Waals surface area (Å²) in [5.41, 5.74) is 1.07. The maximum Gasteiger partial charge on any atom is 0.406 e.